The maximum absolute atomic E-state index is 12.0. The van der Waals surface area contributed by atoms with Gasteiger partial charge in [0.2, 0.25) is 0 Å². The van der Waals surface area contributed by atoms with Crippen LogP contribution in [0, 0.1) is 0 Å². The number of esters is 2. The van der Waals surface area contributed by atoms with Gasteiger partial charge in [-0.25, -0.2) is 4.79 Å². The van der Waals surface area contributed by atoms with E-state index in [-0.39, 0.29) is 12.6 Å². The molecular formula is C18H32O5. The van der Waals surface area contributed by atoms with Crippen molar-refractivity contribution in [2.24, 2.45) is 0 Å². The fourth-order valence-corrected chi connectivity index (χ4v) is 2.00. The van der Waals surface area contributed by atoms with Crippen molar-refractivity contribution in [1.29, 1.82) is 0 Å². The average Bonchev–Trinajstić information content (AvgIpc) is 2.51. The van der Waals surface area contributed by atoms with E-state index in [1.165, 1.54) is 0 Å². The molecule has 0 rings (SSSR count). The second kappa shape index (κ2) is 10.4. The molecule has 0 radical (unpaired) electrons. The van der Waals surface area contributed by atoms with Crippen LogP contribution in [-0.2, 0) is 19.1 Å². The molecule has 5 heteroatoms. The van der Waals surface area contributed by atoms with E-state index < -0.39 is 17.2 Å². The first-order valence-electron chi connectivity index (χ1n) is 8.41. The maximum atomic E-state index is 12.0. The molecule has 0 aliphatic rings. The molecule has 23 heavy (non-hydrogen) atoms. The molecule has 134 valence electrons. The number of carbonyl (C=O) groups is 2. The standard InChI is InChI=1S/C18H32O5/c1-6-15(19)22-14-13-18(5,8-3)23-16(20)11-9-10-12-17(4,21)7-2/h6,21H,1,7-14H2,2-5H3. The third-order valence-corrected chi connectivity index (χ3v) is 4.26. The Bertz CT molecular complexity index is 389. The van der Waals surface area contributed by atoms with Gasteiger partial charge in [-0.3, -0.25) is 4.79 Å². The van der Waals surface area contributed by atoms with Crippen molar-refractivity contribution in [2.75, 3.05) is 6.61 Å². The molecule has 0 saturated heterocycles. The van der Waals surface area contributed by atoms with Crippen LogP contribution < -0.4 is 0 Å². The van der Waals surface area contributed by atoms with Crippen LogP contribution in [0.1, 0.15) is 72.6 Å². The zero-order valence-electron chi connectivity index (χ0n) is 15.0. The first-order chi connectivity index (χ1) is 10.7. The first-order valence-corrected chi connectivity index (χ1v) is 8.41. The minimum atomic E-state index is -0.656. The van der Waals surface area contributed by atoms with E-state index in [1.54, 1.807) is 0 Å². The Morgan fingerprint density at radius 1 is 1.13 bits per heavy atom. The van der Waals surface area contributed by atoms with E-state index in [4.69, 9.17) is 9.47 Å². The Morgan fingerprint density at radius 3 is 2.30 bits per heavy atom. The monoisotopic (exact) mass is 328 g/mol. The number of rotatable bonds is 12. The lowest BCUT2D eigenvalue weighted by Crippen LogP contribution is -2.32. The van der Waals surface area contributed by atoms with Crippen molar-refractivity contribution in [3.05, 3.63) is 12.7 Å². The van der Waals surface area contributed by atoms with Gasteiger partial charge in [-0.05, 0) is 39.5 Å². The van der Waals surface area contributed by atoms with Crippen LogP contribution in [0.4, 0.5) is 0 Å². The summed E-state index contributed by atoms with van der Waals surface area (Å²) in [5, 5.41) is 9.91. The van der Waals surface area contributed by atoms with E-state index in [0.717, 1.165) is 12.5 Å². The number of aliphatic hydroxyl groups is 1. The van der Waals surface area contributed by atoms with Crippen molar-refractivity contribution in [3.8, 4) is 0 Å². The summed E-state index contributed by atoms with van der Waals surface area (Å²) in [6.07, 6.45) is 5.42. The molecule has 5 nitrogen and oxygen atoms in total. The molecule has 0 spiro atoms. The van der Waals surface area contributed by atoms with Crippen molar-refractivity contribution < 1.29 is 24.2 Å². The highest BCUT2D eigenvalue weighted by Crippen LogP contribution is 2.22. The van der Waals surface area contributed by atoms with E-state index in [1.807, 2.05) is 27.7 Å². The fraction of sp³-hybridized carbons (Fsp3) is 0.778. The summed E-state index contributed by atoms with van der Waals surface area (Å²) in [6.45, 7) is 11.1. The topological polar surface area (TPSA) is 72.8 Å². The van der Waals surface area contributed by atoms with Gasteiger partial charge in [-0.2, -0.15) is 0 Å². The third kappa shape index (κ3) is 10.1. The fourth-order valence-electron chi connectivity index (χ4n) is 2.00. The summed E-state index contributed by atoms with van der Waals surface area (Å²) < 4.78 is 10.5. The third-order valence-electron chi connectivity index (χ3n) is 4.26. The van der Waals surface area contributed by atoms with Gasteiger partial charge in [-0.15, -0.1) is 0 Å². The lowest BCUT2D eigenvalue weighted by molar-refractivity contribution is -0.161. The highest BCUT2D eigenvalue weighted by molar-refractivity contribution is 5.81. The maximum Gasteiger partial charge on any atom is 0.330 e. The van der Waals surface area contributed by atoms with Crippen molar-refractivity contribution in [3.63, 3.8) is 0 Å². The predicted molar refractivity (Wildman–Crippen MR) is 89.9 cm³/mol. The summed E-state index contributed by atoms with van der Waals surface area (Å²) in [4.78, 5) is 23.0. The molecule has 2 unspecified atom stereocenters. The van der Waals surface area contributed by atoms with Crippen LogP contribution in [0.2, 0.25) is 0 Å². The highest BCUT2D eigenvalue weighted by atomic mass is 16.6. The lowest BCUT2D eigenvalue weighted by atomic mass is 9.95. The van der Waals surface area contributed by atoms with E-state index >= 15 is 0 Å². The second-order valence-corrected chi connectivity index (χ2v) is 6.46. The van der Waals surface area contributed by atoms with Crippen LogP contribution in [-0.4, -0.2) is 34.9 Å². The van der Waals surface area contributed by atoms with E-state index in [2.05, 4.69) is 6.58 Å². The Morgan fingerprint density at radius 2 is 1.78 bits per heavy atom. The smallest absolute Gasteiger partial charge is 0.330 e. The number of hydrogen-bond acceptors (Lipinski definition) is 5. The van der Waals surface area contributed by atoms with Gasteiger partial charge in [-0.1, -0.05) is 26.8 Å². The normalized spacial score (nSPS) is 16.0. The molecule has 2 atom stereocenters. The quantitative estimate of drug-likeness (QED) is 0.337. The first kappa shape index (κ1) is 21.6. The molecule has 1 N–H and O–H groups in total. The van der Waals surface area contributed by atoms with Gasteiger partial charge in [0.1, 0.15) is 5.60 Å². The second-order valence-electron chi connectivity index (χ2n) is 6.46. The van der Waals surface area contributed by atoms with Gasteiger partial charge in [0.15, 0.2) is 0 Å². The van der Waals surface area contributed by atoms with Crippen LogP contribution >= 0.6 is 0 Å². The number of unbranched alkanes of at least 4 members (excludes halogenated alkanes) is 1. The lowest BCUT2D eigenvalue weighted by Gasteiger charge is -2.28. The number of hydrogen-bond donors (Lipinski definition) is 1. The molecule has 0 aromatic heterocycles. The van der Waals surface area contributed by atoms with E-state index in [0.29, 0.717) is 38.5 Å². The van der Waals surface area contributed by atoms with Gasteiger partial charge >= 0.3 is 11.9 Å². The van der Waals surface area contributed by atoms with Gasteiger partial charge in [0.05, 0.1) is 12.2 Å². The molecule has 0 aliphatic carbocycles. The van der Waals surface area contributed by atoms with E-state index in [9.17, 15) is 14.7 Å². The molecule has 0 aliphatic heterocycles. The SMILES string of the molecule is C=CC(=O)OCCC(C)(CC)OC(=O)CCCCC(C)(O)CC. The summed E-state index contributed by atoms with van der Waals surface area (Å²) in [6, 6.07) is 0. The van der Waals surface area contributed by atoms with Crippen LogP contribution in [0.25, 0.3) is 0 Å². The molecule has 0 aromatic carbocycles. The summed E-state index contributed by atoms with van der Waals surface area (Å²) >= 11 is 0. The molecule has 0 aromatic rings. The molecular weight excluding hydrogens is 296 g/mol. The molecule has 0 saturated carbocycles. The Labute approximate surface area is 140 Å². The molecule has 0 fully saturated rings. The van der Waals surface area contributed by atoms with Gasteiger partial charge in [0.25, 0.3) is 0 Å². The molecule has 0 bridgehead atoms. The number of carbonyl (C=O) groups excluding carboxylic acids is 2. The number of ether oxygens (including phenoxy) is 2. The largest absolute Gasteiger partial charge is 0.462 e. The van der Waals surface area contributed by atoms with Crippen LogP contribution in [0.3, 0.4) is 0 Å². The van der Waals surface area contributed by atoms with Crippen molar-refractivity contribution in [1.82, 2.24) is 0 Å². The Kier molecular flexibility index (Phi) is 9.80. The summed E-state index contributed by atoms with van der Waals surface area (Å²) in [7, 11) is 0. The van der Waals surface area contributed by atoms with Crippen LogP contribution in [0.15, 0.2) is 12.7 Å². The minimum absolute atomic E-state index is 0.196. The highest BCUT2D eigenvalue weighted by Gasteiger charge is 2.27. The van der Waals surface area contributed by atoms with Gasteiger partial charge < -0.3 is 14.6 Å². The van der Waals surface area contributed by atoms with Crippen molar-refractivity contribution >= 4 is 11.9 Å². The predicted octanol–water partition coefficient (Wildman–Crippen LogP) is 3.54. The summed E-state index contributed by atoms with van der Waals surface area (Å²) in [5.74, 6) is -0.724. The average molecular weight is 328 g/mol. The zero-order valence-corrected chi connectivity index (χ0v) is 15.0. The summed E-state index contributed by atoms with van der Waals surface area (Å²) in [5.41, 5.74) is -1.29. The Hall–Kier alpha value is -1.36. The van der Waals surface area contributed by atoms with Gasteiger partial charge in [0, 0.05) is 18.9 Å². The van der Waals surface area contributed by atoms with Crippen molar-refractivity contribution in [2.45, 2.75) is 83.8 Å². The minimum Gasteiger partial charge on any atom is -0.462 e. The molecule has 0 heterocycles. The molecule has 0 amide bonds. The van der Waals surface area contributed by atoms with Crippen LogP contribution in [0.5, 0.6) is 0 Å². The Balaban J connectivity index is 4.12. The zero-order chi connectivity index (χ0) is 17.9.